The van der Waals surface area contributed by atoms with E-state index in [9.17, 15) is 4.79 Å². The van der Waals surface area contributed by atoms with E-state index in [0.29, 0.717) is 12.8 Å². The largest absolute Gasteiger partial charge is 0.480 e. The van der Waals surface area contributed by atoms with Gasteiger partial charge in [0, 0.05) is 6.54 Å². The van der Waals surface area contributed by atoms with Crippen LogP contribution in [0.4, 0.5) is 0 Å². The molecule has 94 valence electrons. The predicted octanol–water partition coefficient (Wildman–Crippen LogP) is 1.30. The Morgan fingerprint density at radius 3 is 2.75 bits per heavy atom. The summed E-state index contributed by atoms with van der Waals surface area (Å²) in [4.78, 5) is 13.4. The number of hydrogen-bond donors (Lipinski definition) is 2. The molecule has 2 atom stereocenters. The average Bonchev–Trinajstić information content (AvgIpc) is 2.63. The van der Waals surface area contributed by atoms with Gasteiger partial charge in [-0.15, -0.1) is 0 Å². The Bertz CT molecular complexity index is 245. The molecule has 0 bridgehead atoms. The Morgan fingerprint density at radius 2 is 2.31 bits per heavy atom. The molecule has 1 rings (SSSR count). The van der Waals surface area contributed by atoms with E-state index in [2.05, 4.69) is 11.8 Å². The summed E-state index contributed by atoms with van der Waals surface area (Å²) in [6, 6.07) is 0. The fourth-order valence-electron chi connectivity index (χ4n) is 2.28. The molecular formula is C12H24N2O2. The third-order valence-electron chi connectivity index (χ3n) is 3.66. The maximum absolute atomic E-state index is 11.0. The molecule has 2 unspecified atom stereocenters. The van der Waals surface area contributed by atoms with Gasteiger partial charge in [0.15, 0.2) is 0 Å². The maximum atomic E-state index is 11.0. The summed E-state index contributed by atoms with van der Waals surface area (Å²) in [6.45, 7) is 7.38. The minimum absolute atomic E-state index is 0.499. The Morgan fingerprint density at radius 1 is 1.62 bits per heavy atom. The van der Waals surface area contributed by atoms with Gasteiger partial charge in [-0.3, -0.25) is 4.79 Å². The molecule has 0 spiro atoms. The van der Waals surface area contributed by atoms with Gasteiger partial charge in [0.25, 0.3) is 0 Å². The number of nitrogens with zero attached hydrogens (tertiary/aromatic N) is 1. The normalized spacial score (nSPS) is 25.6. The molecule has 1 fully saturated rings. The second-order valence-electron chi connectivity index (χ2n) is 5.11. The Hall–Kier alpha value is -0.610. The highest BCUT2D eigenvalue weighted by atomic mass is 16.4. The lowest BCUT2D eigenvalue weighted by molar-refractivity contribution is -0.143. The molecule has 1 saturated heterocycles. The lowest BCUT2D eigenvalue weighted by Crippen LogP contribution is -2.47. The topological polar surface area (TPSA) is 66.6 Å². The van der Waals surface area contributed by atoms with Gasteiger partial charge in [0.1, 0.15) is 5.54 Å². The quantitative estimate of drug-likeness (QED) is 0.719. The second kappa shape index (κ2) is 5.64. The van der Waals surface area contributed by atoms with Crippen molar-refractivity contribution in [3.8, 4) is 0 Å². The Labute approximate surface area is 97.8 Å². The van der Waals surface area contributed by atoms with Crippen molar-refractivity contribution in [1.82, 2.24) is 4.90 Å². The fraction of sp³-hybridized carbons (Fsp3) is 0.917. The summed E-state index contributed by atoms with van der Waals surface area (Å²) in [5.74, 6) is -0.0851. The van der Waals surface area contributed by atoms with Crippen molar-refractivity contribution in [2.45, 2.75) is 45.1 Å². The van der Waals surface area contributed by atoms with E-state index in [1.807, 2.05) is 6.92 Å². The molecule has 16 heavy (non-hydrogen) atoms. The van der Waals surface area contributed by atoms with Gasteiger partial charge >= 0.3 is 5.97 Å². The van der Waals surface area contributed by atoms with E-state index >= 15 is 0 Å². The van der Waals surface area contributed by atoms with Gasteiger partial charge in [-0.25, -0.2) is 0 Å². The summed E-state index contributed by atoms with van der Waals surface area (Å²) in [7, 11) is 0. The third kappa shape index (κ3) is 3.46. The zero-order chi connectivity index (χ0) is 12.2. The lowest BCUT2D eigenvalue weighted by atomic mass is 9.92. The highest BCUT2D eigenvalue weighted by Gasteiger charge is 2.31. The highest BCUT2D eigenvalue weighted by Crippen LogP contribution is 2.18. The number of hydrogen-bond acceptors (Lipinski definition) is 3. The summed E-state index contributed by atoms with van der Waals surface area (Å²) < 4.78 is 0. The Balaban J connectivity index is 2.26. The second-order valence-corrected chi connectivity index (χ2v) is 5.11. The number of likely N-dealkylation sites (tertiary alicyclic amines) is 1. The highest BCUT2D eigenvalue weighted by molar-refractivity contribution is 5.78. The van der Waals surface area contributed by atoms with Crippen LogP contribution >= 0.6 is 0 Å². The first-order valence-corrected chi connectivity index (χ1v) is 6.22. The molecule has 3 N–H and O–H groups in total. The first-order chi connectivity index (χ1) is 7.48. The van der Waals surface area contributed by atoms with Gasteiger partial charge in [-0.2, -0.15) is 0 Å². The van der Waals surface area contributed by atoms with E-state index in [4.69, 9.17) is 10.8 Å². The van der Waals surface area contributed by atoms with Gasteiger partial charge in [-0.05, 0) is 44.7 Å². The van der Waals surface area contributed by atoms with Crippen molar-refractivity contribution in [1.29, 1.82) is 0 Å². The van der Waals surface area contributed by atoms with Crippen LogP contribution < -0.4 is 5.73 Å². The molecule has 0 radical (unpaired) electrons. The molecule has 1 heterocycles. The van der Waals surface area contributed by atoms with Crippen LogP contribution in [0.25, 0.3) is 0 Å². The van der Waals surface area contributed by atoms with E-state index < -0.39 is 11.5 Å². The number of nitrogens with two attached hydrogens (primary N) is 1. The molecule has 4 heteroatoms. The van der Waals surface area contributed by atoms with Crippen LogP contribution in [0.1, 0.15) is 39.5 Å². The summed E-state index contributed by atoms with van der Waals surface area (Å²) >= 11 is 0. The smallest absolute Gasteiger partial charge is 0.323 e. The molecule has 0 aromatic heterocycles. The predicted molar refractivity (Wildman–Crippen MR) is 64.3 cm³/mol. The van der Waals surface area contributed by atoms with E-state index in [1.54, 1.807) is 0 Å². The molecule has 4 nitrogen and oxygen atoms in total. The molecule has 0 aromatic rings. The molecule has 0 saturated carbocycles. The number of carbonyl (C=O) groups is 1. The van der Waals surface area contributed by atoms with Crippen molar-refractivity contribution in [2.75, 3.05) is 19.6 Å². The fourth-order valence-corrected chi connectivity index (χ4v) is 2.28. The van der Waals surface area contributed by atoms with Crippen molar-refractivity contribution < 1.29 is 9.90 Å². The number of carboxylic acids is 1. The van der Waals surface area contributed by atoms with Gasteiger partial charge in [0.05, 0.1) is 0 Å². The van der Waals surface area contributed by atoms with Gasteiger partial charge < -0.3 is 15.7 Å². The zero-order valence-corrected chi connectivity index (χ0v) is 10.4. The van der Waals surface area contributed by atoms with Crippen LogP contribution in [0.5, 0.6) is 0 Å². The first kappa shape index (κ1) is 13.5. The van der Waals surface area contributed by atoms with Crippen molar-refractivity contribution in [2.24, 2.45) is 11.7 Å². The number of carboxylic acid groups (broad SMARTS) is 1. The molecule has 1 aliphatic heterocycles. The SMILES string of the molecule is CCC(N)(CCCN1CCC(C)C1)C(=O)O. The number of aliphatic carboxylic acids is 1. The van der Waals surface area contributed by atoms with Crippen molar-refractivity contribution >= 4 is 5.97 Å². The molecule has 0 amide bonds. The van der Waals surface area contributed by atoms with E-state index in [0.717, 1.165) is 32.0 Å². The van der Waals surface area contributed by atoms with Gasteiger partial charge in [-0.1, -0.05) is 13.8 Å². The Kier molecular flexibility index (Phi) is 4.74. The lowest BCUT2D eigenvalue weighted by Gasteiger charge is -2.24. The first-order valence-electron chi connectivity index (χ1n) is 6.22. The van der Waals surface area contributed by atoms with Crippen LogP contribution in [0.3, 0.4) is 0 Å². The average molecular weight is 228 g/mol. The minimum atomic E-state index is -1.02. The molecule has 0 aromatic carbocycles. The summed E-state index contributed by atoms with van der Waals surface area (Å²) in [5, 5.41) is 9.03. The zero-order valence-electron chi connectivity index (χ0n) is 10.4. The molecule has 1 aliphatic rings. The third-order valence-corrected chi connectivity index (χ3v) is 3.66. The van der Waals surface area contributed by atoms with Crippen LogP contribution in [-0.2, 0) is 4.79 Å². The van der Waals surface area contributed by atoms with Crippen LogP contribution in [0.15, 0.2) is 0 Å². The summed E-state index contributed by atoms with van der Waals surface area (Å²) in [5.41, 5.74) is 4.81. The number of rotatable bonds is 6. The van der Waals surface area contributed by atoms with Crippen LogP contribution in [0, 0.1) is 5.92 Å². The summed E-state index contributed by atoms with van der Waals surface area (Å²) in [6.07, 6.45) is 3.21. The molecule has 0 aliphatic carbocycles. The maximum Gasteiger partial charge on any atom is 0.323 e. The minimum Gasteiger partial charge on any atom is -0.480 e. The monoisotopic (exact) mass is 228 g/mol. The van der Waals surface area contributed by atoms with E-state index in [1.165, 1.54) is 6.42 Å². The van der Waals surface area contributed by atoms with Crippen molar-refractivity contribution in [3.05, 3.63) is 0 Å². The standard InChI is InChI=1S/C12H24N2O2/c1-3-12(13,11(15)16)6-4-7-14-8-5-10(2)9-14/h10H,3-9,13H2,1-2H3,(H,15,16). The van der Waals surface area contributed by atoms with Gasteiger partial charge in [0.2, 0.25) is 0 Å². The molecular weight excluding hydrogens is 204 g/mol. The van der Waals surface area contributed by atoms with E-state index in [-0.39, 0.29) is 0 Å². The van der Waals surface area contributed by atoms with Crippen LogP contribution in [0.2, 0.25) is 0 Å². The van der Waals surface area contributed by atoms with Crippen LogP contribution in [-0.4, -0.2) is 41.1 Å². The van der Waals surface area contributed by atoms with Crippen molar-refractivity contribution in [3.63, 3.8) is 0 Å².